The lowest BCUT2D eigenvalue weighted by Gasteiger charge is -2.17. The summed E-state index contributed by atoms with van der Waals surface area (Å²) in [5.41, 5.74) is 3.11. The van der Waals surface area contributed by atoms with Crippen molar-refractivity contribution in [2.75, 3.05) is 0 Å². The van der Waals surface area contributed by atoms with Gasteiger partial charge in [-0.1, -0.05) is 133 Å². The number of rotatable bonds is 2. The number of hydrogen-bond acceptors (Lipinski definition) is 0. The summed E-state index contributed by atoms with van der Waals surface area (Å²) in [5, 5.41) is 6.76. The van der Waals surface area contributed by atoms with Crippen LogP contribution in [0.4, 0.5) is 0 Å². The van der Waals surface area contributed by atoms with Crippen LogP contribution in [0.2, 0.25) is 0 Å². The van der Waals surface area contributed by atoms with Crippen molar-refractivity contribution in [1.82, 2.24) is 0 Å². The van der Waals surface area contributed by atoms with Gasteiger partial charge in [-0.25, -0.2) is 0 Å². The second-order valence-electron chi connectivity index (χ2n) is 9.62. The second-order valence-corrected chi connectivity index (χ2v) is 10.4. The number of fused-ring (bicyclic) bond motifs is 6. The monoisotopic (exact) mass is 566 g/mol. The molecule has 0 N–H and O–H groups in total. The van der Waals surface area contributed by atoms with Crippen LogP contribution in [0.25, 0.3) is 76.1 Å². The van der Waals surface area contributed by atoms with Gasteiger partial charge in [0.2, 0.25) is 0 Å². The summed E-state index contributed by atoms with van der Waals surface area (Å²) in [5.74, 6) is 0. The van der Waals surface area contributed by atoms with E-state index in [0.717, 1.165) is 43.4 Å². The molecule has 182 valence electrons. The predicted molar refractivity (Wildman–Crippen MR) is 173 cm³/mol. The highest BCUT2D eigenvalue weighted by Gasteiger charge is 2.16. The van der Waals surface area contributed by atoms with Crippen molar-refractivity contribution in [3.63, 3.8) is 0 Å². The zero-order valence-corrected chi connectivity index (χ0v) is 22.1. The molecule has 0 saturated carbocycles. The first-order valence-corrected chi connectivity index (χ1v) is 13.4. The van der Waals surface area contributed by atoms with Gasteiger partial charge in [-0.05, 0) is 98.1 Å². The summed E-state index contributed by atoms with van der Waals surface area (Å²) in [4.78, 5) is 0. The number of halogens is 1. The lowest BCUT2D eigenvalue weighted by atomic mass is 9.87. The Morgan fingerprint density at radius 2 is 1.00 bits per heavy atom. The van der Waals surface area contributed by atoms with Crippen LogP contribution in [0, 0.1) is 0 Å². The summed E-state index contributed by atoms with van der Waals surface area (Å²) in [6, 6.07) is 27.9. The van der Waals surface area contributed by atoms with Crippen LogP contribution < -0.4 is 0 Å². The molecule has 0 heterocycles. The van der Waals surface area contributed by atoms with E-state index in [1.165, 1.54) is 0 Å². The fourth-order valence-electron chi connectivity index (χ4n) is 5.80. The van der Waals surface area contributed by atoms with E-state index in [9.17, 15) is 0 Å². The smallest absolute Gasteiger partial charge is 0.0616 e. The first-order valence-electron chi connectivity index (χ1n) is 16.7. The van der Waals surface area contributed by atoms with Crippen molar-refractivity contribution in [3.05, 3.63) is 144 Å². The van der Waals surface area contributed by atoms with Gasteiger partial charge in [-0.2, -0.15) is 0 Å². The molecule has 0 fully saturated rings. The van der Waals surface area contributed by atoms with Gasteiger partial charge in [0, 0.05) is 4.47 Å². The van der Waals surface area contributed by atoms with Crippen LogP contribution in [0.15, 0.2) is 144 Å². The molecule has 0 atom stereocenters. The molecule has 8 aromatic carbocycles. The highest BCUT2D eigenvalue weighted by atomic mass is 79.9. The van der Waals surface area contributed by atoms with Gasteiger partial charge in [-0.15, -0.1) is 0 Å². The van der Waals surface area contributed by atoms with Gasteiger partial charge in [0.05, 0.1) is 11.0 Å². The molecule has 1 heteroatoms. The third kappa shape index (κ3) is 3.44. The Bertz CT molecular complexity index is 2600. The molecular weight excluding hydrogens is 536 g/mol. The van der Waals surface area contributed by atoms with E-state index < -0.39 is 24.2 Å². The normalized spacial score (nSPS) is 14.6. The van der Waals surface area contributed by atoms with E-state index in [2.05, 4.69) is 64.5 Å². The molecule has 0 spiro atoms. The highest BCUT2D eigenvalue weighted by Crippen LogP contribution is 2.45. The maximum atomic E-state index is 9.02. The Morgan fingerprint density at radius 1 is 0.436 bits per heavy atom. The van der Waals surface area contributed by atoms with Crippen LogP contribution >= 0.6 is 15.9 Å². The van der Waals surface area contributed by atoms with Gasteiger partial charge in [0.15, 0.2) is 0 Å². The van der Waals surface area contributed by atoms with Crippen molar-refractivity contribution in [3.8, 4) is 22.3 Å². The maximum Gasteiger partial charge on any atom is 0.0630 e. The number of benzene rings is 8. The predicted octanol–water partition coefficient (Wildman–Crippen LogP) is 11.5. The zero-order chi connectivity index (χ0) is 32.9. The molecule has 0 aliphatic rings. The van der Waals surface area contributed by atoms with E-state index in [1.807, 2.05) is 42.5 Å². The average molecular weight is 568 g/mol. The van der Waals surface area contributed by atoms with Crippen LogP contribution in [0.3, 0.4) is 0 Å². The van der Waals surface area contributed by atoms with Crippen molar-refractivity contribution in [2.24, 2.45) is 0 Å². The van der Waals surface area contributed by atoms with Gasteiger partial charge in [0.1, 0.15) is 0 Å². The molecule has 0 aliphatic heterocycles. The first kappa shape index (κ1) is 15.8. The third-order valence-electron chi connectivity index (χ3n) is 7.56. The maximum absolute atomic E-state index is 9.02. The standard InChI is InChI=1S/C38H23Br/c39-38-35-13-5-3-11-33(35)37(34-12-4-6-14-36(34)38)32-18-8-17-29-28-16-7-15-27(30(28)21-22-31(29)32)26-20-19-24-9-1-2-10-25(24)23-26/h1-23H/i3D,4D,5D,6D,11D,12D,13D,14D. The minimum Gasteiger partial charge on any atom is -0.0616 e. The largest absolute Gasteiger partial charge is 0.0630 e. The summed E-state index contributed by atoms with van der Waals surface area (Å²) in [6.45, 7) is 0. The summed E-state index contributed by atoms with van der Waals surface area (Å²) in [6.07, 6.45) is 0. The topological polar surface area (TPSA) is 0 Å². The van der Waals surface area contributed by atoms with E-state index in [0.29, 0.717) is 11.1 Å². The molecule has 8 aromatic rings. The molecule has 0 radical (unpaired) electrons. The van der Waals surface area contributed by atoms with Crippen LogP contribution in [-0.4, -0.2) is 0 Å². The first-order chi connectivity index (χ1) is 22.6. The molecule has 0 bridgehead atoms. The second kappa shape index (κ2) is 8.80. The van der Waals surface area contributed by atoms with Gasteiger partial charge < -0.3 is 0 Å². The SMILES string of the molecule is [2H]c1c([2H])c([2H])c2c(-c3cccc4c3ccc3c(-c5ccc6ccccc6c5)cccc34)c3c([2H])c([2H])c([2H])c([2H])c3c(Br)c2c1[2H]. The lowest BCUT2D eigenvalue weighted by molar-refractivity contribution is 1.68. The molecule has 0 unspecified atom stereocenters. The van der Waals surface area contributed by atoms with E-state index in [4.69, 9.17) is 11.0 Å². The molecule has 8 rings (SSSR count). The van der Waals surface area contributed by atoms with Crippen molar-refractivity contribution in [1.29, 1.82) is 0 Å². The third-order valence-corrected chi connectivity index (χ3v) is 8.36. The molecule has 0 aliphatic carbocycles. The Balaban J connectivity index is 1.53. The quantitative estimate of drug-likeness (QED) is 0.144. The summed E-state index contributed by atoms with van der Waals surface area (Å²) in [7, 11) is 0. The van der Waals surface area contributed by atoms with E-state index >= 15 is 0 Å². The molecule has 0 amide bonds. The molecule has 0 saturated heterocycles. The van der Waals surface area contributed by atoms with E-state index in [1.54, 1.807) is 0 Å². The fraction of sp³-hybridized carbons (Fsp3) is 0. The number of hydrogen-bond donors (Lipinski definition) is 0. The molecule has 0 nitrogen and oxygen atoms in total. The van der Waals surface area contributed by atoms with Gasteiger partial charge in [0.25, 0.3) is 0 Å². The Morgan fingerprint density at radius 3 is 1.67 bits per heavy atom. The highest BCUT2D eigenvalue weighted by molar-refractivity contribution is 9.10. The zero-order valence-electron chi connectivity index (χ0n) is 28.5. The van der Waals surface area contributed by atoms with Crippen LogP contribution in [0.1, 0.15) is 11.0 Å². The lowest BCUT2D eigenvalue weighted by Crippen LogP contribution is -1.90. The van der Waals surface area contributed by atoms with Crippen molar-refractivity contribution in [2.45, 2.75) is 0 Å². The van der Waals surface area contributed by atoms with E-state index in [-0.39, 0.29) is 50.2 Å². The van der Waals surface area contributed by atoms with Crippen LogP contribution in [0.5, 0.6) is 0 Å². The average Bonchev–Trinajstić information content (AvgIpc) is 3.09. The fourth-order valence-corrected chi connectivity index (χ4v) is 6.40. The van der Waals surface area contributed by atoms with Gasteiger partial charge in [-0.3, -0.25) is 0 Å². The minimum atomic E-state index is -0.417. The minimum absolute atomic E-state index is 0.167. The Hall–Kier alpha value is -4.46. The summed E-state index contributed by atoms with van der Waals surface area (Å²) >= 11 is 3.51. The van der Waals surface area contributed by atoms with Crippen LogP contribution in [-0.2, 0) is 0 Å². The molecular formula is C38H23Br. The molecule has 0 aromatic heterocycles. The Kier molecular flexibility index (Phi) is 3.57. The van der Waals surface area contributed by atoms with Gasteiger partial charge >= 0.3 is 0 Å². The van der Waals surface area contributed by atoms with Crippen molar-refractivity contribution < 1.29 is 11.0 Å². The molecule has 39 heavy (non-hydrogen) atoms. The Labute approximate surface area is 246 Å². The van der Waals surface area contributed by atoms with Crippen molar-refractivity contribution >= 4 is 69.8 Å². The summed E-state index contributed by atoms with van der Waals surface area (Å²) < 4.78 is 69.8.